The number of aryl methyl sites for hydroxylation is 1. The Morgan fingerprint density at radius 2 is 1.90 bits per heavy atom. The summed E-state index contributed by atoms with van der Waals surface area (Å²) in [5.74, 6) is 0.407. The van der Waals surface area contributed by atoms with E-state index in [-0.39, 0.29) is 4.90 Å². The van der Waals surface area contributed by atoms with Crippen molar-refractivity contribution in [3.63, 3.8) is 0 Å². The van der Waals surface area contributed by atoms with Gasteiger partial charge in [-0.25, -0.2) is 8.42 Å². The maximum atomic E-state index is 12.8. The van der Waals surface area contributed by atoms with Gasteiger partial charge in [0.1, 0.15) is 10.6 Å². The average molecular weight is 332 g/mol. The van der Waals surface area contributed by atoms with Gasteiger partial charge in [0.15, 0.2) is 0 Å². The van der Waals surface area contributed by atoms with E-state index in [2.05, 4.69) is 0 Å². The highest BCUT2D eigenvalue weighted by atomic mass is 35.5. The molecule has 0 amide bonds. The standard InChI is InChI=1S/C15H22ClNO3S/c1-3-9-20-14-10-12(2)13(16)11-15(14)21(18,19)17-7-5-4-6-8-17/h10-11H,3-9H2,1-2H3. The van der Waals surface area contributed by atoms with Crippen molar-refractivity contribution in [3.05, 3.63) is 22.7 Å². The zero-order chi connectivity index (χ0) is 15.5. The lowest BCUT2D eigenvalue weighted by molar-refractivity contribution is 0.305. The number of hydrogen-bond acceptors (Lipinski definition) is 3. The van der Waals surface area contributed by atoms with Crippen molar-refractivity contribution in [1.82, 2.24) is 4.31 Å². The lowest BCUT2D eigenvalue weighted by Gasteiger charge is -2.27. The summed E-state index contributed by atoms with van der Waals surface area (Å²) in [4.78, 5) is 0.188. The van der Waals surface area contributed by atoms with Gasteiger partial charge in [-0.3, -0.25) is 0 Å². The van der Waals surface area contributed by atoms with Crippen LogP contribution in [0.3, 0.4) is 0 Å². The summed E-state index contributed by atoms with van der Waals surface area (Å²) >= 11 is 6.13. The molecular weight excluding hydrogens is 310 g/mol. The molecule has 4 nitrogen and oxygen atoms in total. The van der Waals surface area contributed by atoms with Crippen LogP contribution < -0.4 is 4.74 Å². The van der Waals surface area contributed by atoms with Crippen LogP contribution in [-0.2, 0) is 10.0 Å². The minimum atomic E-state index is -3.54. The minimum Gasteiger partial charge on any atom is -0.492 e. The highest BCUT2D eigenvalue weighted by molar-refractivity contribution is 7.89. The zero-order valence-corrected chi connectivity index (χ0v) is 14.1. The lowest BCUT2D eigenvalue weighted by Crippen LogP contribution is -2.35. The summed E-state index contributed by atoms with van der Waals surface area (Å²) in [6, 6.07) is 3.24. The van der Waals surface area contributed by atoms with Gasteiger partial charge in [0, 0.05) is 18.1 Å². The molecule has 0 saturated carbocycles. The summed E-state index contributed by atoms with van der Waals surface area (Å²) in [6.45, 7) is 5.46. The molecule has 0 bridgehead atoms. The number of piperidine rings is 1. The van der Waals surface area contributed by atoms with E-state index in [1.54, 1.807) is 6.07 Å². The molecule has 0 unspecified atom stereocenters. The molecule has 0 N–H and O–H groups in total. The van der Waals surface area contributed by atoms with Gasteiger partial charge in [-0.05, 0) is 43.9 Å². The second-order valence-electron chi connectivity index (χ2n) is 5.36. The van der Waals surface area contributed by atoms with Crippen LogP contribution in [0.4, 0.5) is 0 Å². The normalized spacial score (nSPS) is 16.9. The van der Waals surface area contributed by atoms with Crippen LogP contribution >= 0.6 is 11.6 Å². The number of nitrogens with zero attached hydrogens (tertiary/aromatic N) is 1. The van der Waals surface area contributed by atoms with Crippen LogP contribution in [0.5, 0.6) is 5.75 Å². The molecule has 1 fully saturated rings. The third-order valence-corrected chi connectivity index (χ3v) is 5.95. The van der Waals surface area contributed by atoms with E-state index >= 15 is 0 Å². The van der Waals surface area contributed by atoms with Gasteiger partial charge < -0.3 is 4.74 Å². The molecule has 0 aliphatic carbocycles. The monoisotopic (exact) mass is 331 g/mol. The van der Waals surface area contributed by atoms with E-state index in [1.165, 1.54) is 10.4 Å². The number of halogens is 1. The van der Waals surface area contributed by atoms with Crippen molar-refractivity contribution in [2.45, 2.75) is 44.4 Å². The van der Waals surface area contributed by atoms with E-state index in [1.807, 2.05) is 13.8 Å². The zero-order valence-electron chi connectivity index (χ0n) is 12.6. The molecule has 1 heterocycles. The minimum absolute atomic E-state index is 0.188. The van der Waals surface area contributed by atoms with E-state index in [0.29, 0.717) is 30.5 Å². The van der Waals surface area contributed by atoms with Crippen LogP contribution in [-0.4, -0.2) is 32.4 Å². The van der Waals surface area contributed by atoms with Crippen molar-refractivity contribution in [2.24, 2.45) is 0 Å². The Kier molecular flexibility index (Phi) is 5.52. The highest BCUT2D eigenvalue weighted by Crippen LogP contribution is 2.33. The highest BCUT2D eigenvalue weighted by Gasteiger charge is 2.29. The molecule has 1 aliphatic rings. The Bertz CT molecular complexity index is 595. The molecule has 1 aliphatic heterocycles. The maximum absolute atomic E-state index is 12.8. The van der Waals surface area contributed by atoms with Gasteiger partial charge in [-0.2, -0.15) is 4.31 Å². The van der Waals surface area contributed by atoms with Crippen molar-refractivity contribution >= 4 is 21.6 Å². The molecule has 0 radical (unpaired) electrons. The van der Waals surface area contributed by atoms with Gasteiger partial charge >= 0.3 is 0 Å². The smallest absolute Gasteiger partial charge is 0.246 e. The fourth-order valence-electron chi connectivity index (χ4n) is 2.41. The Hall–Kier alpha value is -0.780. The van der Waals surface area contributed by atoms with Crippen molar-refractivity contribution < 1.29 is 13.2 Å². The maximum Gasteiger partial charge on any atom is 0.246 e. The summed E-state index contributed by atoms with van der Waals surface area (Å²) in [5, 5.41) is 0.453. The SMILES string of the molecule is CCCOc1cc(C)c(Cl)cc1S(=O)(=O)N1CCCCC1. The fourth-order valence-corrected chi connectivity index (χ4v) is 4.29. The summed E-state index contributed by atoms with van der Waals surface area (Å²) in [7, 11) is -3.54. The van der Waals surface area contributed by atoms with E-state index in [9.17, 15) is 8.42 Å². The largest absolute Gasteiger partial charge is 0.492 e. The molecule has 1 aromatic rings. The topological polar surface area (TPSA) is 46.6 Å². The second kappa shape index (κ2) is 6.99. The molecule has 6 heteroatoms. The molecule has 1 saturated heterocycles. The predicted octanol–water partition coefficient (Wildman–Crippen LogP) is 3.61. The first-order valence-corrected chi connectivity index (χ1v) is 9.21. The quantitative estimate of drug-likeness (QED) is 0.828. The number of ether oxygens (including phenoxy) is 1. The number of benzene rings is 1. The van der Waals surface area contributed by atoms with Gasteiger partial charge in [-0.1, -0.05) is 24.9 Å². The van der Waals surface area contributed by atoms with Crippen LogP contribution in [0.15, 0.2) is 17.0 Å². The van der Waals surface area contributed by atoms with E-state index in [4.69, 9.17) is 16.3 Å². The summed E-state index contributed by atoms with van der Waals surface area (Å²) in [6.07, 6.45) is 3.72. The molecule has 0 atom stereocenters. The lowest BCUT2D eigenvalue weighted by atomic mass is 10.2. The molecule has 0 aromatic heterocycles. The number of rotatable bonds is 5. The van der Waals surface area contributed by atoms with Gasteiger partial charge in [0.25, 0.3) is 0 Å². The Balaban J connectivity index is 2.42. The number of sulfonamides is 1. The molecule has 118 valence electrons. The molecule has 21 heavy (non-hydrogen) atoms. The predicted molar refractivity (Wildman–Crippen MR) is 84.6 cm³/mol. The van der Waals surface area contributed by atoms with Crippen molar-refractivity contribution in [3.8, 4) is 5.75 Å². The summed E-state index contributed by atoms with van der Waals surface area (Å²) < 4.78 is 32.8. The first kappa shape index (κ1) is 16.6. The van der Waals surface area contributed by atoms with Gasteiger partial charge in [-0.15, -0.1) is 0 Å². The average Bonchev–Trinajstić information content (AvgIpc) is 2.48. The first-order chi connectivity index (χ1) is 9.96. The third kappa shape index (κ3) is 3.71. The van der Waals surface area contributed by atoms with Gasteiger partial charge in [0.05, 0.1) is 6.61 Å². The van der Waals surface area contributed by atoms with Crippen LogP contribution in [0, 0.1) is 6.92 Å². The van der Waals surface area contributed by atoms with Crippen LogP contribution in [0.2, 0.25) is 5.02 Å². The molecular formula is C15H22ClNO3S. The van der Waals surface area contributed by atoms with Crippen LogP contribution in [0.1, 0.15) is 38.2 Å². The van der Waals surface area contributed by atoms with Crippen molar-refractivity contribution in [2.75, 3.05) is 19.7 Å². The number of hydrogen-bond donors (Lipinski definition) is 0. The Morgan fingerprint density at radius 1 is 1.24 bits per heavy atom. The summed E-state index contributed by atoms with van der Waals surface area (Å²) in [5.41, 5.74) is 0.820. The van der Waals surface area contributed by atoms with Gasteiger partial charge in [0.2, 0.25) is 10.0 Å². The fraction of sp³-hybridized carbons (Fsp3) is 0.600. The first-order valence-electron chi connectivity index (χ1n) is 7.40. The van der Waals surface area contributed by atoms with E-state index < -0.39 is 10.0 Å². The van der Waals surface area contributed by atoms with Crippen LogP contribution in [0.25, 0.3) is 0 Å². The molecule has 1 aromatic carbocycles. The second-order valence-corrected chi connectivity index (χ2v) is 7.67. The third-order valence-electron chi connectivity index (χ3n) is 3.62. The van der Waals surface area contributed by atoms with E-state index in [0.717, 1.165) is 31.2 Å². The Morgan fingerprint density at radius 3 is 2.52 bits per heavy atom. The molecule has 2 rings (SSSR count). The molecule has 0 spiro atoms. The van der Waals surface area contributed by atoms with Crippen molar-refractivity contribution in [1.29, 1.82) is 0 Å². The Labute approximate surface area is 132 Å².